The summed E-state index contributed by atoms with van der Waals surface area (Å²) in [5, 5.41) is 5.64. The van der Waals surface area contributed by atoms with Crippen LogP contribution in [-0.2, 0) is 10.0 Å². The number of carbonyl (C=O) groups excluding carboxylic acids is 1. The van der Waals surface area contributed by atoms with Crippen LogP contribution >= 0.6 is 12.2 Å². The second kappa shape index (κ2) is 12.0. The van der Waals surface area contributed by atoms with Gasteiger partial charge in [0.15, 0.2) is 5.11 Å². The number of hydrogen-bond donors (Lipinski definition) is 3. The lowest BCUT2D eigenvalue weighted by Crippen LogP contribution is -2.34. The largest absolute Gasteiger partial charge is 0.493 e. The molecule has 0 heterocycles. The van der Waals surface area contributed by atoms with Crippen LogP contribution in [0, 0.1) is 19.8 Å². The van der Waals surface area contributed by atoms with E-state index in [-0.39, 0.29) is 10.0 Å². The highest BCUT2D eigenvalue weighted by atomic mass is 32.2. The molecular weight excluding hydrogens is 494 g/mol. The van der Waals surface area contributed by atoms with Gasteiger partial charge in [-0.2, -0.15) is 0 Å². The highest BCUT2D eigenvalue weighted by Gasteiger charge is 2.17. The molecule has 3 N–H and O–H groups in total. The third-order valence-corrected chi connectivity index (χ3v) is 7.02. The molecule has 36 heavy (non-hydrogen) atoms. The van der Waals surface area contributed by atoms with E-state index in [0.29, 0.717) is 35.2 Å². The summed E-state index contributed by atoms with van der Waals surface area (Å²) < 4.78 is 34.2. The fourth-order valence-corrected chi connectivity index (χ4v) is 4.82. The molecule has 0 bridgehead atoms. The van der Waals surface area contributed by atoms with E-state index < -0.39 is 15.9 Å². The fraction of sp³-hybridized carbons (Fsp3) is 0.259. The number of benzene rings is 3. The fourth-order valence-electron chi connectivity index (χ4n) is 3.40. The molecule has 0 saturated carbocycles. The molecule has 0 aliphatic carbocycles. The highest BCUT2D eigenvalue weighted by Crippen LogP contribution is 2.24. The van der Waals surface area contributed by atoms with Gasteiger partial charge in [0.1, 0.15) is 5.75 Å². The summed E-state index contributed by atoms with van der Waals surface area (Å²) >= 11 is 5.28. The minimum Gasteiger partial charge on any atom is -0.493 e. The van der Waals surface area contributed by atoms with Crippen LogP contribution in [0.25, 0.3) is 0 Å². The van der Waals surface area contributed by atoms with E-state index in [1.165, 1.54) is 12.1 Å². The molecule has 3 aromatic carbocycles. The Kier molecular flexibility index (Phi) is 9.06. The van der Waals surface area contributed by atoms with Crippen molar-refractivity contribution in [1.29, 1.82) is 0 Å². The average Bonchev–Trinajstić information content (AvgIpc) is 2.82. The van der Waals surface area contributed by atoms with Crippen LogP contribution in [0.15, 0.2) is 71.6 Å². The molecule has 190 valence electrons. The van der Waals surface area contributed by atoms with Crippen molar-refractivity contribution in [2.75, 3.05) is 16.6 Å². The molecule has 0 aliphatic rings. The van der Waals surface area contributed by atoms with E-state index in [1.807, 2.05) is 38.1 Å². The Morgan fingerprint density at radius 2 is 1.58 bits per heavy atom. The highest BCUT2D eigenvalue weighted by molar-refractivity contribution is 7.92. The second-order valence-electron chi connectivity index (χ2n) is 8.83. The molecule has 0 radical (unpaired) electrons. The lowest BCUT2D eigenvalue weighted by molar-refractivity contribution is 0.0973. The monoisotopic (exact) mass is 525 g/mol. The third-order valence-electron chi connectivity index (χ3n) is 5.45. The van der Waals surface area contributed by atoms with Crippen LogP contribution in [0.1, 0.15) is 41.8 Å². The first kappa shape index (κ1) is 27.2. The molecule has 0 aromatic heterocycles. The van der Waals surface area contributed by atoms with Gasteiger partial charge in [-0.15, -0.1) is 0 Å². The summed E-state index contributed by atoms with van der Waals surface area (Å²) in [4.78, 5) is 12.9. The number of carbonyl (C=O) groups is 1. The summed E-state index contributed by atoms with van der Waals surface area (Å²) in [6.07, 6.45) is 0.877. The van der Waals surface area contributed by atoms with Crippen molar-refractivity contribution < 1.29 is 17.9 Å². The van der Waals surface area contributed by atoms with Gasteiger partial charge in [-0.3, -0.25) is 14.8 Å². The van der Waals surface area contributed by atoms with Crippen LogP contribution < -0.4 is 20.1 Å². The summed E-state index contributed by atoms with van der Waals surface area (Å²) in [5.74, 6) is 0.584. The number of sulfonamides is 1. The first-order chi connectivity index (χ1) is 17.1. The number of ether oxygens (including phenoxy) is 1. The number of thiocarbonyl (C=S) groups is 1. The molecule has 1 amide bonds. The minimum absolute atomic E-state index is 0.0845. The number of amides is 1. The zero-order valence-electron chi connectivity index (χ0n) is 20.8. The van der Waals surface area contributed by atoms with E-state index in [9.17, 15) is 13.2 Å². The molecule has 7 nitrogen and oxygen atoms in total. The normalized spacial score (nSPS) is 11.1. The minimum atomic E-state index is -3.77. The quantitative estimate of drug-likeness (QED) is 0.312. The van der Waals surface area contributed by atoms with Gasteiger partial charge >= 0.3 is 0 Å². The maximum Gasteiger partial charge on any atom is 0.261 e. The van der Waals surface area contributed by atoms with Crippen LogP contribution in [-0.4, -0.2) is 26.0 Å². The standard InChI is InChI=1S/C27H31N3O4S2/c1-18(2)16-17-34-24-11-6-5-10-23(24)26(31)29-27(35)28-21-12-14-22(15-13-21)36(32,33)30-25-19(3)8-7-9-20(25)4/h5-15,18,30H,16-17H2,1-4H3,(H2,28,29,31,35). The predicted molar refractivity (Wildman–Crippen MR) is 148 cm³/mol. The lowest BCUT2D eigenvalue weighted by atomic mass is 10.1. The zero-order valence-corrected chi connectivity index (χ0v) is 22.4. The van der Waals surface area contributed by atoms with Crippen molar-refractivity contribution in [3.8, 4) is 5.75 Å². The first-order valence-corrected chi connectivity index (χ1v) is 13.5. The van der Waals surface area contributed by atoms with Crippen molar-refractivity contribution in [1.82, 2.24) is 5.32 Å². The maximum atomic E-state index is 12.9. The van der Waals surface area contributed by atoms with Gasteiger partial charge in [-0.05, 0) is 85.9 Å². The predicted octanol–water partition coefficient (Wildman–Crippen LogP) is 5.66. The molecule has 9 heteroatoms. The van der Waals surface area contributed by atoms with Crippen LogP contribution in [0.2, 0.25) is 0 Å². The molecule has 0 unspecified atom stereocenters. The van der Waals surface area contributed by atoms with Gasteiger partial charge in [-0.25, -0.2) is 8.42 Å². The number of rotatable bonds is 9. The Morgan fingerprint density at radius 1 is 0.944 bits per heavy atom. The van der Waals surface area contributed by atoms with Gasteiger partial charge in [0.2, 0.25) is 0 Å². The van der Waals surface area contributed by atoms with Crippen molar-refractivity contribution in [3.05, 3.63) is 83.4 Å². The topological polar surface area (TPSA) is 96.5 Å². The van der Waals surface area contributed by atoms with Gasteiger partial charge in [-0.1, -0.05) is 44.2 Å². The number of hydrogen-bond acceptors (Lipinski definition) is 5. The Hall–Kier alpha value is -3.43. The van der Waals surface area contributed by atoms with Gasteiger partial charge in [0.25, 0.3) is 15.9 Å². The van der Waals surface area contributed by atoms with E-state index in [4.69, 9.17) is 17.0 Å². The zero-order chi connectivity index (χ0) is 26.3. The summed E-state index contributed by atoms with van der Waals surface area (Å²) in [5.41, 5.74) is 3.16. The Balaban J connectivity index is 1.63. The molecule has 0 saturated heterocycles. The Morgan fingerprint density at radius 3 is 2.22 bits per heavy atom. The number of anilines is 2. The molecule has 0 atom stereocenters. The summed E-state index contributed by atoms with van der Waals surface area (Å²) in [7, 11) is -3.77. The number of para-hydroxylation sites is 2. The van der Waals surface area contributed by atoms with Crippen LogP contribution in [0.3, 0.4) is 0 Å². The second-order valence-corrected chi connectivity index (χ2v) is 10.9. The molecule has 3 rings (SSSR count). The van der Waals surface area contributed by atoms with Crippen molar-refractivity contribution in [2.24, 2.45) is 5.92 Å². The van der Waals surface area contributed by atoms with Crippen molar-refractivity contribution >= 4 is 44.6 Å². The van der Waals surface area contributed by atoms with Crippen LogP contribution in [0.5, 0.6) is 5.75 Å². The van der Waals surface area contributed by atoms with E-state index in [2.05, 4.69) is 29.2 Å². The van der Waals surface area contributed by atoms with Crippen molar-refractivity contribution in [3.63, 3.8) is 0 Å². The smallest absolute Gasteiger partial charge is 0.261 e. The first-order valence-electron chi connectivity index (χ1n) is 11.6. The Bertz CT molecular complexity index is 1320. The van der Waals surface area contributed by atoms with E-state index in [0.717, 1.165) is 17.5 Å². The average molecular weight is 526 g/mol. The van der Waals surface area contributed by atoms with Gasteiger partial charge in [0.05, 0.1) is 22.8 Å². The lowest BCUT2D eigenvalue weighted by Gasteiger charge is -2.15. The molecule has 0 fully saturated rings. The SMILES string of the molecule is Cc1cccc(C)c1NS(=O)(=O)c1ccc(NC(=S)NC(=O)c2ccccc2OCCC(C)C)cc1. The third kappa shape index (κ3) is 7.29. The molecule has 0 spiro atoms. The van der Waals surface area contributed by atoms with E-state index >= 15 is 0 Å². The van der Waals surface area contributed by atoms with Crippen molar-refractivity contribution in [2.45, 2.75) is 39.0 Å². The molecule has 3 aromatic rings. The summed E-state index contributed by atoms with van der Waals surface area (Å²) in [6.45, 7) is 8.43. The van der Waals surface area contributed by atoms with Crippen LogP contribution in [0.4, 0.5) is 11.4 Å². The number of nitrogens with one attached hydrogen (secondary N) is 3. The Labute approximate surface area is 218 Å². The maximum absolute atomic E-state index is 12.9. The van der Waals surface area contributed by atoms with Gasteiger partial charge in [0, 0.05) is 5.69 Å². The molecule has 0 aliphatic heterocycles. The molecular formula is C27H31N3O4S2. The summed E-state index contributed by atoms with van der Waals surface area (Å²) in [6, 6.07) is 18.7. The number of aryl methyl sites for hydroxylation is 2. The van der Waals surface area contributed by atoms with Gasteiger partial charge < -0.3 is 10.1 Å². The van der Waals surface area contributed by atoms with E-state index in [1.54, 1.807) is 30.3 Å².